The van der Waals surface area contributed by atoms with Crippen LogP contribution in [0, 0.1) is 6.92 Å². The molecule has 27 heavy (non-hydrogen) atoms. The number of aryl methyl sites for hydroxylation is 1. The van der Waals surface area contributed by atoms with E-state index >= 15 is 0 Å². The molecule has 0 fully saturated rings. The Morgan fingerprint density at radius 2 is 2.07 bits per heavy atom. The summed E-state index contributed by atoms with van der Waals surface area (Å²) in [6.07, 6.45) is 5.07. The third kappa shape index (κ3) is 3.74. The predicted octanol–water partition coefficient (Wildman–Crippen LogP) is 2.42. The van der Waals surface area contributed by atoms with Crippen molar-refractivity contribution in [3.63, 3.8) is 0 Å². The molecule has 4 aromatic rings. The third-order valence-corrected chi connectivity index (χ3v) is 3.90. The quantitative estimate of drug-likeness (QED) is 0.549. The second-order valence-electron chi connectivity index (χ2n) is 5.87. The van der Waals surface area contributed by atoms with E-state index in [0.717, 1.165) is 11.1 Å². The van der Waals surface area contributed by atoms with E-state index in [1.54, 1.807) is 23.5 Å². The molecule has 8 nitrogen and oxygen atoms in total. The van der Waals surface area contributed by atoms with E-state index in [1.165, 1.54) is 6.08 Å². The highest BCUT2D eigenvalue weighted by atomic mass is 16.5. The Bertz CT molecular complexity index is 1110. The average Bonchev–Trinajstić information content (AvgIpc) is 3.31. The summed E-state index contributed by atoms with van der Waals surface area (Å²) in [7, 11) is 0. The maximum Gasteiger partial charge on any atom is 0.258 e. The molecule has 0 atom stereocenters. The first-order valence-corrected chi connectivity index (χ1v) is 8.34. The van der Waals surface area contributed by atoms with Crippen LogP contribution < -0.4 is 5.32 Å². The molecule has 134 valence electrons. The van der Waals surface area contributed by atoms with E-state index in [4.69, 9.17) is 4.52 Å². The lowest BCUT2D eigenvalue weighted by Gasteiger charge is -2.02. The summed E-state index contributed by atoms with van der Waals surface area (Å²) >= 11 is 0. The van der Waals surface area contributed by atoms with Crippen LogP contribution in [0.25, 0.3) is 23.2 Å². The van der Waals surface area contributed by atoms with Crippen LogP contribution in [0.2, 0.25) is 0 Å². The summed E-state index contributed by atoms with van der Waals surface area (Å²) in [5, 5.41) is 14.9. The summed E-state index contributed by atoms with van der Waals surface area (Å²) in [4.78, 5) is 16.2. The zero-order valence-electron chi connectivity index (χ0n) is 14.5. The molecule has 0 aliphatic rings. The van der Waals surface area contributed by atoms with Gasteiger partial charge >= 0.3 is 0 Å². The monoisotopic (exact) mass is 360 g/mol. The summed E-state index contributed by atoms with van der Waals surface area (Å²) in [5.41, 5.74) is 2.36. The minimum Gasteiger partial charge on any atom is -0.345 e. The second-order valence-corrected chi connectivity index (χ2v) is 5.87. The zero-order valence-corrected chi connectivity index (χ0v) is 14.5. The molecule has 0 radical (unpaired) electrons. The van der Waals surface area contributed by atoms with Crippen molar-refractivity contribution in [3.05, 3.63) is 71.9 Å². The maximum absolute atomic E-state index is 12.0. The molecule has 1 aromatic carbocycles. The van der Waals surface area contributed by atoms with E-state index in [9.17, 15) is 4.79 Å². The fraction of sp³-hybridized carbons (Fsp3) is 0.105. The molecule has 4 rings (SSSR count). The minimum atomic E-state index is -0.200. The van der Waals surface area contributed by atoms with Crippen molar-refractivity contribution in [1.82, 2.24) is 30.1 Å². The van der Waals surface area contributed by atoms with Crippen molar-refractivity contribution < 1.29 is 9.32 Å². The lowest BCUT2D eigenvalue weighted by molar-refractivity contribution is -0.116. The van der Waals surface area contributed by atoms with Gasteiger partial charge in [-0.3, -0.25) is 9.20 Å². The van der Waals surface area contributed by atoms with E-state index in [1.807, 2.05) is 42.6 Å². The van der Waals surface area contributed by atoms with Crippen LogP contribution in [-0.2, 0) is 11.3 Å². The number of hydrogen-bond donors (Lipinski definition) is 1. The first kappa shape index (κ1) is 16.6. The Hall–Kier alpha value is -3.81. The van der Waals surface area contributed by atoms with Gasteiger partial charge in [0.2, 0.25) is 5.91 Å². The van der Waals surface area contributed by atoms with Crippen molar-refractivity contribution in [2.75, 3.05) is 0 Å². The van der Waals surface area contributed by atoms with Gasteiger partial charge in [-0.2, -0.15) is 4.98 Å². The number of nitrogens with one attached hydrogen (secondary N) is 1. The maximum atomic E-state index is 12.0. The smallest absolute Gasteiger partial charge is 0.258 e. The summed E-state index contributed by atoms with van der Waals surface area (Å²) < 4.78 is 6.96. The molecule has 0 spiro atoms. The van der Waals surface area contributed by atoms with E-state index in [0.29, 0.717) is 23.2 Å². The van der Waals surface area contributed by atoms with Crippen molar-refractivity contribution in [1.29, 1.82) is 0 Å². The molecule has 0 saturated heterocycles. The lowest BCUT2D eigenvalue weighted by atomic mass is 10.2. The number of carbonyl (C=O) groups is 1. The van der Waals surface area contributed by atoms with Gasteiger partial charge in [-0.25, -0.2) is 0 Å². The number of benzene rings is 1. The molecule has 3 aromatic heterocycles. The van der Waals surface area contributed by atoms with Crippen molar-refractivity contribution >= 4 is 17.6 Å². The molecule has 0 bridgehead atoms. The predicted molar refractivity (Wildman–Crippen MR) is 98.3 cm³/mol. The first-order chi connectivity index (χ1) is 13.2. The van der Waals surface area contributed by atoms with Gasteiger partial charge in [0.05, 0.1) is 6.54 Å². The average molecular weight is 360 g/mol. The normalized spacial score (nSPS) is 11.3. The highest BCUT2D eigenvalue weighted by molar-refractivity contribution is 5.91. The Morgan fingerprint density at radius 1 is 1.22 bits per heavy atom. The minimum absolute atomic E-state index is 0.200. The SMILES string of the molecule is Cc1noc(-c2ccn3c(CNC(=O)/C=C/c4ccccc4)nnc3c2)n1. The summed E-state index contributed by atoms with van der Waals surface area (Å²) in [6.45, 7) is 2.02. The van der Waals surface area contributed by atoms with Crippen molar-refractivity contribution in [3.8, 4) is 11.5 Å². The Labute approximate surface area is 154 Å². The Morgan fingerprint density at radius 3 is 2.85 bits per heavy atom. The van der Waals surface area contributed by atoms with E-state index in [-0.39, 0.29) is 12.5 Å². The van der Waals surface area contributed by atoms with Gasteiger partial charge in [0.1, 0.15) is 0 Å². The summed E-state index contributed by atoms with van der Waals surface area (Å²) in [6, 6.07) is 13.3. The highest BCUT2D eigenvalue weighted by Crippen LogP contribution is 2.18. The fourth-order valence-corrected chi connectivity index (χ4v) is 2.57. The summed E-state index contributed by atoms with van der Waals surface area (Å²) in [5.74, 6) is 1.42. The molecule has 0 saturated carbocycles. The van der Waals surface area contributed by atoms with Gasteiger partial charge in [0.15, 0.2) is 17.3 Å². The number of fused-ring (bicyclic) bond motifs is 1. The topological polar surface area (TPSA) is 98.2 Å². The molecular formula is C19H16N6O2. The highest BCUT2D eigenvalue weighted by Gasteiger charge is 2.11. The van der Waals surface area contributed by atoms with Crippen LogP contribution in [0.5, 0.6) is 0 Å². The molecular weight excluding hydrogens is 344 g/mol. The molecule has 0 aliphatic heterocycles. The van der Waals surface area contributed by atoms with Crippen LogP contribution in [0.1, 0.15) is 17.2 Å². The second kappa shape index (κ2) is 7.20. The number of aromatic nitrogens is 5. The Kier molecular flexibility index (Phi) is 4.44. The number of pyridine rings is 1. The first-order valence-electron chi connectivity index (χ1n) is 8.34. The van der Waals surface area contributed by atoms with Crippen LogP contribution in [0.3, 0.4) is 0 Å². The molecule has 1 amide bonds. The third-order valence-electron chi connectivity index (χ3n) is 3.90. The van der Waals surface area contributed by atoms with Crippen molar-refractivity contribution in [2.45, 2.75) is 13.5 Å². The fourth-order valence-electron chi connectivity index (χ4n) is 2.57. The number of carbonyl (C=O) groups excluding carboxylic acids is 1. The molecule has 0 unspecified atom stereocenters. The van der Waals surface area contributed by atoms with Crippen LogP contribution in [-0.4, -0.2) is 30.6 Å². The zero-order chi connectivity index (χ0) is 18.6. The van der Waals surface area contributed by atoms with Gasteiger partial charge in [0.25, 0.3) is 5.89 Å². The van der Waals surface area contributed by atoms with E-state index < -0.39 is 0 Å². The van der Waals surface area contributed by atoms with Crippen LogP contribution >= 0.6 is 0 Å². The molecule has 1 N–H and O–H groups in total. The molecule has 8 heteroatoms. The number of amides is 1. The number of hydrogen-bond acceptors (Lipinski definition) is 6. The molecule has 0 aliphatic carbocycles. The van der Waals surface area contributed by atoms with Gasteiger partial charge < -0.3 is 9.84 Å². The van der Waals surface area contributed by atoms with E-state index in [2.05, 4.69) is 25.7 Å². The van der Waals surface area contributed by atoms with Gasteiger partial charge in [-0.1, -0.05) is 35.5 Å². The van der Waals surface area contributed by atoms with Gasteiger partial charge in [0, 0.05) is 17.8 Å². The van der Waals surface area contributed by atoms with Crippen molar-refractivity contribution in [2.24, 2.45) is 0 Å². The number of rotatable bonds is 5. The van der Waals surface area contributed by atoms with Crippen LogP contribution in [0.4, 0.5) is 0 Å². The van der Waals surface area contributed by atoms with Gasteiger partial charge in [-0.05, 0) is 30.7 Å². The van der Waals surface area contributed by atoms with Gasteiger partial charge in [-0.15, -0.1) is 10.2 Å². The number of nitrogens with zero attached hydrogens (tertiary/aromatic N) is 5. The lowest BCUT2D eigenvalue weighted by Crippen LogP contribution is -2.21. The van der Waals surface area contributed by atoms with Crippen LogP contribution in [0.15, 0.2) is 59.3 Å². The Balaban J connectivity index is 1.45. The standard InChI is InChI=1S/C19H16N6O2/c1-13-21-19(27-24-13)15-9-10-25-16(11-15)22-23-17(25)12-20-18(26)8-7-14-5-3-2-4-6-14/h2-11H,12H2,1H3,(H,20,26)/b8-7+. The molecule has 3 heterocycles. The largest absolute Gasteiger partial charge is 0.345 e.